The number of aromatic amines is 1. The summed E-state index contributed by atoms with van der Waals surface area (Å²) in [5, 5.41) is 0. The number of hydrogen-bond acceptors (Lipinski definition) is 4. The van der Waals surface area contributed by atoms with Gasteiger partial charge in [-0.2, -0.15) is 0 Å². The average Bonchev–Trinajstić information content (AvgIpc) is 3.06. The Morgan fingerprint density at radius 1 is 1.57 bits per heavy atom. The molecule has 110 valence electrons. The van der Waals surface area contributed by atoms with Crippen LogP contribution in [0.3, 0.4) is 0 Å². The van der Waals surface area contributed by atoms with E-state index in [1.807, 2.05) is 17.0 Å². The van der Waals surface area contributed by atoms with E-state index in [0.29, 0.717) is 31.9 Å². The van der Waals surface area contributed by atoms with Crippen LogP contribution in [-0.2, 0) is 4.74 Å². The summed E-state index contributed by atoms with van der Waals surface area (Å²) in [6.45, 7) is 2.59. The molecule has 0 spiro atoms. The molecule has 0 aliphatic carbocycles. The summed E-state index contributed by atoms with van der Waals surface area (Å²) < 4.78 is 5.50. The lowest BCUT2D eigenvalue weighted by molar-refractivity contribution is 0.0241. The van der Waals surface area contributed by atoms with Crippen LogP contribution in [0.1, 0.15) is 16.8 Å². The van der Waals surface area contributed by atoms with Gasteiger partial charge in [0.1, 0.15) is 5.52 Å². The van der Waals surface area contributed by atoms with Gasteiger partial charge in [-0.05, 0) is 18.6 Å². The summed E-state index contributed by atoms with van der Waals surface area (Å²) in [7, 11) is 0. The van der Waals surface area contributed by atoms with Crippen molar-refractivity contribution in [3.8, 4) is 0 Å². The molecule has 1 amide bonds. The second-order valence-electron chi connectivity index (χ2n) is 6.04. The highest BCUT2D eigenvalue weighted by Gasteiger charge is 2.47. The summed E-state index contributed by atoms with van der Waals surface area (Å²) in [5.74, 6) is 0.229. The lowest BCUT2D eigenvalue weighted by atomic mass is 9.84. The molecule has 2 fully saturated rings. The Morgan fingerprint density at radius 2 is 2.48 bits per heavy atom. The fraction of sp³-hybridized carbons (Fsp3) is 0.467. The number of pyridine rings is 1. The van der Waals surface area contributed by atoms with E-state index in [4.69, 9.17) is 10.5 Å². The minimum Gasteiger partial charge on any atom is -0.381 e. The van der Waals surface area contributed by atoms with Crippen LogP contribution in [0, 0.1) is 5.92 Å². The Labute approximate surface area is 122 Å². The molecule has 2 saturated heterocycles. The Morgan fingerprint density at radius 3 is 3.33 bits per heavy atom. The van der Waals surface area contributed by atoms with Gasteiger partial charge in [0.15, 0.2) is 0 Å². The number of fused-ring (bicyclic) bond motifs is 2. The van der Waals surface area contributed by atoms with Gasteiger partial charge in [0, 0.05) is 43.5 Å². The Bertz CT molecular complexity index is 698. The molecule has 6 heteroatoms. The number of aromatic nitrogens is 2. The zero-order chi connectivity index (χ0) is 14.4. The van der Waals surface area contributed by atoms with Crippen LogP contribution in [-0.4, -0.2) is 52.6 Å². The van der Waals surface area contributed by atoms with Crippen molar-refractivity contribution < 1.29 is 9.53 Å². The van der Waals surface area contributed by atoms with E-state index >= 15 is 0 Å². The van der Waals surface area contributed by atoms with E-state index in [0.717, 1.165) is 17.5 Å². The quantitative estimate of drug-likeness (QED) is 0.810. The zero-order valence-corrected chi connectivity index (χ0v) is 11.7. The molecule has 4 rings (SSSR count). The smallest absolute Gasteiger partial charge is 0.257 e. The van der Waals surface area contributed by atoms with Crippen LogP contribution in [0.4, 0.5) is 0 Å². The molecule has 0 unspecified atom stereocenters. The van der Waals surface area contributed by atoms with Crippen molar-refractivity contribution >= 4 is 16.9 Å². The summed E-state index contributed by atoms with van der Waals surface area (Å²) in [5.41, 5.74) is 8.38. The molecule has 0 saturated carbocycles. The molecule has 4 heterocycles. The van der Waals surface area contributed by atoms with Crippen molar-refractivity contribution in [1.29, 1.82) is 0 Å². The van der Waals surface area contributed by atoms with Gasteiger partial charge in [-0.3, -0.25) is 9.78 Å². The molecule has 21 heavy (non-hydrogen) atoms. The Balaban J connectivity index is 1.64. The predicted octanol–water partition coefficient (Wildman–Crippen LogP) is 0.753. The predicted molar refractivity (Wildman–Crippen MR) is 77.8 cm³/mol. The third-order valence-electron chi connectivity index (χ3n) is 4.72. The molecule has 2 atom stereocenters. The molecule has 2 aliphatic heterocycles. The number of nitrogens with two attached hydrogens (primary N) is 1. The van der Waals surface area contributed by atoms with Crippen molar-refractivity contribution in [2.75, 3.05) is 26.3 Å². The number of amides is 1. The molecule has 0 bridgehead atoms. The van der Waals surface area contributed by atoms with Crippen LogP contribution >= 0.6 is 0 Å². The first-order chi connectivity index (χ1) is 10.2. The third-order valence-corrected chi connectivity index (χ3v) is 4.72. The van der Waals surface area contributed by atoms with E-state index in [-0.39, 0.29) is 17.4 Å². The van der Waals surface area contributed by atoms with Crippen molar-refractivity contribution in [1.82, 2.24) is 14.9 Å². The molecule has 0 aromatic carbocycles. The summed E-state index contributed by atoms with van der Waals surface area (Å²) in [6.07, 6.45) is 4.25. The van der Waals surface area contributed by atoms with Crippen molar-refractivity contribution in [2.24, 2.45) is 11.7 Å². The van der Waals surface area contributed by atoms with Crippen molar-refractivity contribution in [3.05, 3.63) is 30.1 Å². The van der Waals surface area contributed by atoms with E-state index in [1.54, 1.807) is 12.4 Å². The monoisotopic (exact) mass is 286 g/mol. The van der Waals surface area contributed by atoms with Crippen LogP contribution < -0.4 is 5.73 Å². The number of carbonyl (C=O) groups excluding carboxylic acids is 1. The first kappa shape index (κ1) is 12.8. The molecule has 3 N–H and O–H groups in total. The number of H-pyrrole nitrogens is 1. The first-order valence-electron chi connectivity index (χ1n) is 7.25. The number of ether oxygens (including phenoxy) is 1. The van der Waals surface area contributed by atoms with E-state index in [9.17, 15) is 4.79 Å². The van der Waals surface area contributed by atoms with Gasteiger partial charge in [-0.15, -0.1) is 0 Å². The van der Waals surface area contributed by atoms with Crippen LogP contribution in [0.25, 0.3) is 11.0 Å². The fourth-order valence-electron chi connectivity index (χ4n) is 3.43. The van der Waals surface area contributed by atoms with Crippen LogP contribution in [0.15, 0.2) is 24.5 Å². The van der Waals surface area contributed by atoms with Crippen molar-refractivity contribution in [3.63, 3.8) is 0 Å². The van der Waals surface area contributed by atoms with Crippen LogP contribution in [0.5, 0.6) is 0 Å². The number of likely N-dealkylation sites (tertiary alicyclic amines) is 1. The van der Waals surface area contributed by atoms with E-state index < -0.39 is 0 Å². The van der Waals surface area contributed by atoms with Gasteiger partial charge in [0.25, 0.3) is 5.91 Å². The van der Waals surface area contributed by atoms with Gasteiger partial charge in [0.2, 0.25) is 0 Å². The van der Waals surface area contributed by atoms with Gasteiger partial charge in [-0.1, -0.05) is 0 Å². The van der Waals surface area contributed by atoms with Gasteiger partial charge in [-0.25, -0.2) is 0 Å². The second kappa shape index (κ2) is 4.54. The van der Waals surface area contributed by atoms with E-state index in [1.165, 1.54) is 0 Å². The Hall–Kier alpha value is -1.92. The van der Waals surface area contributed by atoms with Crippen molar-refractivity contribution in [2.45, 2.75) is 12.0 Å². The number of nitrogens with one attached hydrogen (secondary N) is 1. The first-order valence-corrected chi connectivity index (χ1v) is 7.25. The van der Waals surface area contributed by atoms with Gasteiger partial charge < -0.3 is 20.4 Å². The summed E-state index contributed by atoms with van der Waals surface area (Å²) >= 11 is 0. The maximum atomic E-state index is 12.8. The number of rotatable bonds is 1. The molecule has 0 radical (unpaired) electrons. The summed E-state index contributed by atoms with van der Waals surface area (Å²) in [6, 6.07) is 3.77. The number of carbonyl (C=O) groups is 1. The molecular weight excluding hydrogens is 268 g/mol. The molecule has 2 aliphatic rings. The minimum absolute atomic E-state index is 0.000764. The highest BCUT2D eigenvalue weighted by atomic mass is 16.5. The minimum atomic E-state index is -0.298. The standard InChI is InChI=1S/C15H18N4O2/c16-15-3-5-21-8-10(15)7-19(9-15)14(20)11-6-18-12-2-1-4-17-13(11)12/h1-2,4,6,10,18H,3,5,7-9,16H2/t10-,15+/m0/s1. The normalized spacial score (nSPS) is 28.8. The molecular formula is C15H18N4O2. The average molecular weight is 286 g/mol. The highest BCUT2D eigenvalue weighted by molar-refractivity contribution is 6.05. The maximum Gasteiger partial charge on any atom is 0.257 e. The number of hydrogen-bond donors (Lipinski definition) is 2. The van der Waals surface area contributed by atoms with Gasteiger partial charge in [0.05, 0.1) is 17.7 Å². The lowest BCUT2D eigenvalue weighted by Crippen LogP contribution is -2.52. The lowest BCUT2D eigenvalue weighted by Gasteiger charge is -2.34. The van der Waals surface area contributed by atoms with Crippen LogP contribution in [0.2, 0.25) is 0 Å². The topological polar surface area (TPSA) is 84.2 Å². The maximum absolute atomic E-state index is 12.8. The third kappa shape index (κ3) is 1.94. The summed E-state index contributed by atoms with van der Waals surface area (Å²) in [4.78, 5) is 22.0. The van der Waals surface area contributed by atoms with Gasteiger partial charge >= 0.3 is 0 Å². The molecule has 2 aromatic rings. The zero-order valence-electron chi connectivity index (χ0n) is 11.7. The largest absolute Gasteiger partial charge is 0.381 e. The Kier molecular flexibility index (Phi) is 2.77. The van der Waals surface area contributed by atoms with E-state index in [2.05, 4.69) is 9.97 Å². The highest BCUT2D eigenvalue weighted by Crippen LogP contribution is 2.33. The SMILES string of the molecule is N[C@@]12CCOC[C@@H]1CN(C(=O)c1c[nH]c3cccnc13)C2. The molecule has 2 aromatic heterocycles. The number of nitrogens with zero attached hydrogens (tertiary/aromatic N) is 2. The second-order valence-corrected chi connectivity index (χ2v) is 6.04. The molecule has 6 nitrogen and oxygen atoms in total. The fourth-order valence-corrected chi connectivity index (χ4v) is 3.43.